The summed E-state index contributed by atoms with van der Waals surface area (Å²) in [6, 6.07) is 3.81. The Morgan fingerprint density at radius 2 is 2.15 bits per heavy atom. The van der Waals surface area contributed by atoms with Crippen LogP contribution in [0.15, 0.2) is 22.8 Å². The molecule has 0 amide bonds. The van der Waals surface area contributed by atoms with Crippen molar-refractivity contribution >= 4 is 27.5 Å². The van der Waals surface area contributed by atoms with Gasteiger partial charge in [-0.1, -0.05) is 0 Å². The third-order valence-electron chi connectivity index (χ3n) is 3.80. The molecule has 1 fully saturated rings. The van der Waals surface area contributed by atoms with Crippen molar-refractivity contribution in [2.45, 2.75) is 25.8 Å². The maximum absolute atomic E-state index is 10.9. The number of quaternary nitrogens is 1. The number of hydrogen-bond donors (Lipinski definition) is 1. The molecule has 1 N–H and O–H groups in total. The van der Waals surface area contributed by atoms with Gasteiger partial charge in [0.15, 0.2) is 0 Å². The Morgan fingerprint density at radius 1 is 1.40 bits per heavy atom. The first kappa shape index (κ1) is 13.6. The number of fused-ring (bicyclic) bond motifs is 1. The van der Waals surface area contributed by atoms with Crippen molar-refractivity contribution in [1.82, 2.24) is 9.38 Å². The van der Waals surface area contributed by atoms with E-state index in [1.807, 2.05) is 22.7 Å². The third kappa shape index (κ3) is 2.71. The Kier molecular flexibility index (Phi) is 3.76. The Morgan fingerprint density at radius 3 is 2.85 bits per heavy atom. The van der Waals surface area contributed by atoms with Crippen molar-refractivity contribution in [3.05, 3.63) is 34.2 Å². The number of nitrogens with one attached hydrogen (secondary N) is 1. The SMILES string of the molecule is O=C([O-])Cc1nc2ccc(Br)cn2c1C[NH+]1CCCC1. The van der Waals surface area contributed by atoms with E-state index in [4.69, 9.17) is 0 Å². The molecule has 0 radical (unpaired) electrons. The number of carboxylic acid groups (broad SMARTS) is 1. The summed E-state index contributed by atoms with van der Waals surface area (Å²) in [4.78, 5) is 16.9. The number of pyridine rings is 1. The minimum absolute atomic E-state index is 0.123. The van der Waals surface area contributed by atoms with Crippen LogP contribution in [-0.4, -0.2) is 28.4 Å². The van der Waals surface area contributed by atoms with Gasteiger partial charge in [0.05, 0.1) is 18.8 Å². The monoisotopic (exact) mass is 337 g/mol. The quantitative estimate of drug-likeness (QED) is 0.823. The number of imidazole rings is 1. The average Bonchev–Trinajstić information content (AvgIpc) is 2.99. The average molecular weight is 338 g/mol. The molecular weight excluding hydrogens is 322 g/mol. The van der Waals surface area contributed by atoms with Gasteiger partial charge in [0.2, 0.25) is 0 Å². The first-order valence-electron chi connectivity index (χ1n) is 6.82. The van der Waals surface area contributed by atoms with Crippen molar-refractivity contribution in [2.75, 3.05) is 13.1 Å². The maximum Gasteiger partial charge on any atom is 0.137 e. The maximum atomic E-state index is 10.9. The Hall–Kier alpha value is -1.40. The predicted octanol–water partition coefficient (Wildman–Crippen LogP) is -0.432. The lowest BCUT2D eigenvalue weighted by atomic mass is 10.2. The second kappa shape index (κ2) is 5.54. The minimum atomic E-state index is -1.08. The molecule has 3 rings (SSSR count). The number of halogens is 1. The second-order valence-electron chi connectivity index (χ2n) is 5.26. The van der Waals surface area contributed by atoms with Crippen LogP contribution in [0.2, 0.25) is 0 Å². The summed E-state index contributed by atoms with van der Waals surface area (Å²) in [7, 11) is 0. The molecule has 3 heterocycles. The van der Waals surface area contributed by atoms with Crippen LogP contribution < -0.4 is 10.0 Å². The van der Waals surface area contributed by atoms with Gasteiger partial charge in [0.1, 0.15) is 17.9 Å². The predicted molar refractivity (Wildman–Crippen MR) is 75.2 cm³/mol. The fourth-order valence-corrected chi connectivity index (χ4v) is 3.21. The topological polar surface area (TPSA) is 61.9 Å². The summed E-state index contributed by atoms with van der Waals surface area (Å²) in [5.41, 5.74) is 2.41. The van der Waals surface area contributed by atoms with E-state index in [0.29, 0.717) is 5.69 Å². The molecular formula is C14H16BrN3O2. The van der Waals surface area contributed by atoms with Crippen molar-refractivity contribution in [3.63, 3.8) is 0 Å². The summed E-state index contributed by atoms with van der Waals surface area (Å²) < 4.78 is 2.95. The number of aliphatic carboxylic acids is 1. The number of carboxylic acids is 1. The molecule has 0 atom stereocenters. The smallest absolute Gasteiger partial charge is 0.137 e. The molecule has 1 aliphatic heterocycles. The molecule has 5 nitrogen and oxygen atoms in total. The molecule has 0 saturated carbocycles. The van der Waals surface area contributed by atoms with Crippen LogP contribution in [0, 0.1) is 0 Å². The van der Waals surface area contributed by atoms with Gasteiger partial charge in [-0.05, 0) is 28.1 Å². The van der Waals surface area contributed by atoms with Crippen molar-refractivity contribution < 1.29 is 14.8 Å². The molecule has 0 aromatic carbocycles. The number of nitrogens with zero attached hydrogens (tertiary/aromatic N) is 2. The van der Waals surface area contributed by atoms with E-state index < -0.39 is 5.97 Å². The van der Waals surface area contributed by atoms with E-state index in [1.54, 1.807) is 0 Å². The minimum Gasteiger partial charge on any atom is -0.550 e. The van der Waals surface area contributed by atoms with Crippen LogP contribution in [0.3, 0.4) is 0 Å². The van der Waals surface area contributed by atoms with Gasteiger partial charge in [-0.25, -0.2) is 4.98 Å². The normalized spacial score (nSPS) is 16.1. The fourth-order valence-electron chi connectivity index (χ4n) is 2.87. The molecule has 2 aromatic rings. The van der Waals surface area contributed by atoms with Crippen molar-refractivity contribution in [1.29, 1.82) is 0 Å². The molecule has 0 unspecified atom stereocenters. The molecule has 0 aliphatic carbocycles. The van der Waals surface area contributed by atoms with Crippen molar-refractivity contribution in [2.24, 2.45) is 0 Å². The van der Waals surface area contributed by atoms with E-state index in [-0.39, 0.29) is 6.42 Å². The second-order valence-corrected chi connectivity index (χ2v) is 6.18. The molecule has 6 heteroatoms. The van der Waals surface area contributed by atoms with Gasteiger partial charge in [-0.15, -0.1) is 0 Å². The summed E-state index contributed by atoms with van der Waals surface area (Å²) in [5, 5.41) is 10.9. The Balaban J connectivity index is 2.03. The molecule has 1 aliphatic rings. The summed E-state index contributed by atoms with van der Waals surface area (Å²) in [5.74, 6) is -1.08. The van der Waals surface area contributed by atoms with E-state index >= 15 is 0 Å². The van der Waals surface area contributed by atoms with E-state index in [1.165, 1.54) is 17.7 Å². The van der Waals surface area contributed by atoms with Gasteiger partial charge in [0, 0.05) is 35.9 Å². The van der Waals surface area contributed by atoms with Gasteiger partial charge in [0.25, 0.3) is 0 Å². The summed E-state index contributed by atoms with van der Waals surface area (Å²) >= 11 is 3.46. The van der Waals surface area contributed by atoms with Crippen LogP contribution >= 0.6 is 15.9 Å². The Labute approximate surface area is 125 Å². The van der Waals surface area contributed by atoms with Gasteiger partial charge in [-0.2, -0.15) is 0 Å². The molecule has 1 saturated heterocycles. The highest BCUT2D eigenvalue weighted by Gasteiger charge is 2.21. The zero-order valence-electron chi connectivity index (χ0n) is 11.1. The lowest BCUT2D eigenvalue weighted by molar-refractivity contribution is -0.901. The highest BCUT2D eigenvalue weighted by molar-refractivity contribution is 9.10. The van der Waals surface area contributed by atoms with Crippen LogP contribution in [-0.2, 0) is 17.8 Å². The number of rotatable bonds is 4. The van der Waals surface area contributed by atoms with Crippen LogP contribution in [0.4, 0.5) is 0 Å². The van der Waals surface area contributed by atoms with Gasteiger partial charge >= 0.3 is 0 Å². The van der Waals surface area contributed by atoms with Gasteiger partial charge in [-0.3, -0.25) is 4.40 Å². The number of carbonyl (C=O) groups is 1. The van der Waals surface area contributed by atoms with Crippen LogP contribution in [0.25, 0.3) is 5.65 Å². The summed E-state index contributed by atoms with van der Waals surface area (Å²) in [6.45, 7) is 3.11. The molecule has 20 heavy (non-hydrogen) atoms. The highest BCUT2D eigenvalue weighted by atomic mass is 79.9. The van der Waals surface area contributed by atoms with Crippen LogP contribution in [0.5, 0.6) is 0 Å². The number of likely N-dealkylation sites (tertiary alicyclic amines) is 1. The molecule has 106 valence electrons. The first-order valence-corrected chi connectivity index (χ1v) is 7.61. The largest absolute Gasteiger partial charge is 0.550 e. The number of carbonyl (C=O) groups excluding carboxylic acids is 1. The van der Waals surface area contributed by atoms with E-state index in [9.17, 15) is 9.90 Å². The lowest BCUT2D eigenvalue weighted by Gasteiger charge is -2.13. The van der Waals surface area contributed by atoms with Gasteiger partial charge < -0.3 is 14.8 Å². The Bertz CT molecular complexity index is 647. The molecule has 0 spiro atoms. The van der Waals surface area contributed by atoms with E-state index in [0.717, 1.165) is 35.4 Å². The molecule has 2 aromatic heterocycles. The summed E-state index contributed by atoms with van der Waals surface area (Å²) in [6.07, 6.45) is 4.31. The lowest BCUT2D eigenvalue weighted by Crippen LogP contribution is -3.08. The zero-order chi connectivity index (χ0) is 14.1. The standard InChI is InChI=1S/C14H16BrN3O2/c15-10-3-4-13-16-11(7-14(19)20)12(18(13)8-10)9-17-5-1-2-6-17/h3-4,8H,1-2,5-7,9H2,(H,19,20). The fraction of sp³-hybridized carbons (Fsp3) is 0.429. The zero-order valence-corrected chi connectivity index (χ0v) is 12.6. The highest BCUT2D eigenvalue weighted by Crippen LogP contribution is 2.17. The van der Waals surface area contributed by atoms with E-state index in [2.05, 4.69) is 20.9 Å². The first-order chi connectivity index (χ1) is 9.63. The molecule has 0 bridgehead atoms. The van der Waals surface area contributed by atoms with Crippen LogP contribution in [0.1, 0.15) is 24.2 Å². The number of aromatic nitrogens is 2. The third-order valence-corrected chi connectivity index (χ3v) is 4.27. The van der Waals surface area contributed by atoms with Crippen molar-refractivity contribution in [3.8, 4) is 0 Å². The number of hydrogen-bond acceptors (Lipinski definition) is 3.